The van der Waals surface area contributed by atoms with Crippen LogP contribution in [0.4, 0.5) is 0 Å². The van der Waals surface area contributed by atoms with Gasteiger partial charge in [0, 0.05) is 44.7 Å². The zero-order chi connectivity index (χ0) is 26.5. The van der Waals surface area contributed by atoms with Gasteiger partial charge in [0.25, 0.3) is 0 Å². The number of nitrogens with zero attached hydrogens (tertiary/aromatic N) is 3. The number of rotatable bonds is 15. The lowest BCUT2D eigenvalue weighted by atomic mass is 9.70. The number of likely N-dealkylation sites (tertiary alicyclic amines) is 1. The summed E-state index contributed by atoms with van der Waals surface area (Å²) >= 11 is 3.72. The minimum atomic E-state index is -1.03. The number of unbranched alkanes of at least 4 members (excludes halogenated alkanes) is 4. The Hall–Kier alpha value is -1.71. The predicted molar refractivity (Wildman–Crippen MR) is 142 cm³/mol. The van der Waals surface area contributed by atoms with Crippen molar-refractivity contribution in [2.24, 2.45) is 11.8 Å². The van der Waals surface area contributed by atoms with Crippen molar-refractivity contribution in [2.45, 2.75) is 74.4 Å². The Bertz CT molecular complexity index is 838. The molecule has 3 rings (SSSR count). The number of aliphatic hydroxyl groups excluding tert-OH is 1. The molecule has 3 heterocycles. The standard InChI is InChI=1S/C27H42BrN3O5/c1-5-8-15-30(14-7-3)26(35)23-27-18-19(28)22(36-27)20(24(33)29(4)13-6-2)21(27)25(34)31(23)16-11-9-10-12-17-32/h6-7,19-23,32H,2-3,5,8-18H2,1,4H3/t19?,20-,21+,22-,23?,27?/m1/s1. The van der Waals surface area contributed by atoms with Gasteiger partial charge in [-0.15, -0.1) is 13.2 Å². The van der Waals surface area contributed by atoms with Crippen LogP contribution in [0.3, 0.4) is 0 Å². The summed E-state index contributed by atoms with van der Waals surface area (Å²) in [6, 6.07) is -0.766. The molecule has 0 saturated carbocycles. The van der Waals surface area contributed by atoms with Crippen LogP contribution < -0.4 is 0 Å². The van der Waals surface area contributed by atoms with Crippen molar-refractivity contribution < 1.29 is 24.2 Å². The Morgan fingerprint density at radius 2 is 1.86 bits per heavy atom. The fourth-order valence-corrected chi connectivity index (χ4v) is 7.13. The van der Waals surface area contributed by atoms with Gasteiger partial charge >= 0.3 is 0 Å². The quantitative estimate of drug-likeness (QED) is 0.187. The molecule has 0 aromatic rings. The smallest absolute Gasteiger partial charge is 0.248 e. The number of hydrogen-bond donors (Lipinski definition) is 1. The second-order valence-corrected chi connectivity index (χ2v) is 11.4. The number of aliphatic hydroxyl groups is 1. The third-order valence-electron chi connectivity index (χ3n) is 7.84. The third-order valence-corrected chi connectivity index (χ3v) is 8.68. The summed E-state index contributed by atoms with van der Waals surface area (Å²) in [6.45, 7) is 11.6. The number of halogens is 1. The summed E-state index contributed by atoms with van der Waals surface area (Å²) in [5.74, 6) is -1.74. The van der Waals surface area contributed by atoms with Crippen LogP contribution in [0.15, 0.2) is 25.3 Å². The maximum Gasteiger partial charge on any atom is 0.248 e. The molecule has 6 atom stereocenters. The van der Waals surface area contributed by atoms with Gasteiger partial charge in [0.15, 0.2) is 0 Å². The largest absolute Gasteiger partial charge is 0.396 e. The molecular weight excluding hydrogens is 526 g/mol. The zero-order valence-corrected chi connectivity index (χ0v) is 23.3. The Labute approximate surface area is 223 Å². The highest BCUT2D eigenvalue weighted by atomic mass is 79.9. The predicted octanol–water partition coefficient (Wildman–Crippen LogP) is 2.75. The molecule has 3 aliphatic rings. The van der Waals surface area contributed by atoms with Crippen molar-refractivity contribution in [1.82, 2.24) is 14.7 Å². The molecule has 0 aliphatic carbocycles. The maximum atomic E-state index is 14.1. The lowest BCUT2D eigenvalue weighted by Crippen LogP contribution is -2.57. The molecule has 9 heteroatoms. The summed E-state index contributed by atoms with van der Waals surface area (Å²) in [4.78, 5) is 46.6. The summed E-state index contributed by atoms with van der Waals surface area (Å²) < 4.78 is 6.58. The lowest BCUT2D eigenvalue weighted by molar-refractivity contribution is -0.148. The van der Waals surface area contributed by atoms with Gasteiger partial charge < -0.3 is 24.5 Å². The number of carbonyl (C=O) groups is 3. The number of likely N-dealkylation sites (N-methyl/N-ethyl adjacent to an activating group) is 1. The van der Waals surface area contributed by atoms with Crippen molar-refractivity contribution in [3.8, 4) is 0 Å². The molecule has 202 valence electrons. The van der Waals surface area contributed by atoms with Crippen LogP contribution in [-0.4, -0.2) is 99.9 Å². The average molecular weight is 569 g/mol. The first-order chi connectivity index (χ1) is 17.3. The molecule has 3 aliphatic heterocycles. The molecule has 1 N–H and O–H groups in total. The number of alkyl halides is 1. The van der Waals surface area contributed by atoms with Crippen LogP contribution in [0.2, 0.25) is 0 Å². The van der Waals surface area contributed by atoms with Crippen LogP contribution in [0.5, 0.6) is 0 Å². The molecule has 3 amide bonds. The molecule has 1 spiro atoms. The first kappa shape index (κ1) is 28.9. The Kier molecular flexibility index (Phi) is 10.2. The van der Waals surface area contributed by atoms with Gasteiger partial charge in [-0.2, -0.15) is 0 Å². The third kappa shape index (κ3) is 5.29. The zero-order valence-electron chi connectivity index (χ0n) is 21.7. The average Bonchev–Trinajstić information content (AvgIpc) is 3.44. The van der Waals surface area contributed by atoms with E-state index in [0.29, 0.717) is 32.6 Å². The van der Waals surface area contributed by atoms with Gasteiger partial charge in [-0.25, -0.2) is 0 Å². The lowest BCUT2D eigenvalue weighted by Gasteiger charge is -2.37. The minimum Gasteiger partial charge on any atom is -0.396 e. The summed E-state index contributed by atoms with van der Waals surface area (Å²) in [5, 5.41) is 9.10. The number of fused-ring (bicyclic) bond motifs is 1. The van der Waals surface area contributed by atoms with E-state index in [1.165, 1.54) is 0 Å². The molecule has 3 saturated heterocycles. The molecule has 2 bridgehead atoms. The molecule has 3 fully saturated rings. The molecule has 0 radical (unpaired) electrons. The van der Waals surface area contributed by atoms with Crippen LogP contribution in [0.1, 0.15) is 51.9 Å². The van der Waals surface area contributed by atoms with Crippen LogP contribution in [0, 0.1) is 11.8 Å². The van der Waals surface area contributed by atoms with Crippen LogP contribution in [-0.2, 0) is 19.1 Å². The maximum absolute atomic E-state index is 14.1. The fourth-order valence-electron chi connectivity index (χ4n) is 6.19. The molecule has 3 unspecified atom stereocenters. The van der Waals surface area contributed by atoms with Gasteiger partial charge in [0.1, 0.15) is 11.6 Å². The Morgan fingerprint density at radius 3 is 2.50 bits per heavy atom. The number of amides is 3. The van der Waals surface area contributed by atoms with Gasteiger partial charge in [-0.05, 0) is 25.7 Å². The molecule has 8 nitrogen and oxygen atoms in total. The van der Waals surface area contributed by atoms with E-state index in [1.807, 2.05) is 0 Å². The molecule has 36 heavy (non-hydrogen) atoms. The highest BCUT2D eigenvalue weighted by Gasteiger charge is 2.76. The van der Waals surface area contributed by atoms with E-state index in [9.17, 15) is 14.4 Å². The van der Waals surface area contributed by atoms with Crippen molar-refractivity contribution >= 4 is 33.7 Å². The first-order valence-corrected chi connectivity index (χ1v) is 14.2. The van der Waals surface area contributed by atoms with Crippen molar-refractivity contribution in [3.63, 3.8) is 0 Å². The second kappa shape index (κ2) is 12.7. The van der Waals surface area contributed by atoms with E-state index in [4.69, 9.17) is 9.84 Å². The first-order valence-electron chi connectivity index (χ1n) is 13.3. The highest BCUT2D eigenvalue weighted by molar-refractivity contribution is 9.09. The Balaban J connectivity index is 1.97. The summed E-state index contributed by atoms with van der Waals surface area (Å²) in [7, 11) is 1.71. The van der Waals surface area contributed by atoms with Crippen molar-refractivity contribution in [3.05, 3.63) is 25.3 Å². The van der Waals surface area contributed by atoms with E-state index in [1.54, 1.807) is 33.9 Å². The van der Waals surface area contributed by atoms with E-state index < -0.39 is 29.6 Å². The van der Waals surface area contributed by atoms with Crippen molar-refractivity contribution in [1.29, 1.82) is 0 Å². The van der Waals surface area contributed by atoms with E-state index >= 15 is 0 Å². The van der Waals surface area contributed by atoms with Gasteiger partial charge in [-0.3, -0.25) is 14.4 Å². The van der Waals surface area contributed by atoms with Crippen LogP contribution >= 0.6 is 15.9 Å². The number of ether oxygens (including phenoxy) is 1. The van der Waals surface area contributed by atoms with Gasteiger partial charge in [0.2, 0.25) is 17.7 Å². The number of hydrogen-bond acceptors (Lipinski definition) is 5. The van der Waals surface area contributed by atoms with Gasteiger partial charge in [0.05, 0.1) is 17.9 Å². The normalized spacial score (nSPS) is 30.4. The SMILES string of the molecule is C=CCN(C)C(=O)[C@H]1[C@@H]2OC3(CC2Br)C(C(=O)N(CC=C)CCCC)N(CCCCCCO)C(=O)[C@H]13. The molecule has 0 aromatic heterocycles. The van der Waals surface area contributed by atoms with Crippen molar-refractivity contribution in [2.75, 3.05) is 39.8 Å². The number of carbonyl (C=O) groups excluding carboxylic acids is 3. The van der Waals surface area contributed by atoms with E-state index in [-0.39, 0.29) is 29.2 Å². The molecular formula is C27H42BrN3O5. The summed E-state index contributed by atoms with van der Waals surface area (Å²) in [5.41, 5.74) is -1.03. The minimum absolute atomic E-state index is 0.115. The van der Waals surface area contributed by atoms with Crippen LogP contribution in [0.25, 0.3) is 0 Å². The molecule has 0 aromatic carbocycles. The fraction of sp³-hybridized carbons (Fsp3) is 0.741. The summed E-state index contributed by atoms with van der Waals surface area (Å²) in [6.07, 6.45) is 8.40. The second-order valence-electron chi connectivity index (χ2n) is 10.3. The Morgan fingerprint density at radius 1 is 1.17 bits per heavy atom. The highest BCUT2D eigenvalue weighted by Crippen LogP contribution is 2.60. The topological polar surface area (TPSA) is 90.4 Å². The van der Waals surface area contributed by atoms with Gasteiger partial charge in [-0.1, -0.05) is 54.3 Å². The van der Waals surface area contributed by atoms with E-state index in [2.05, 4.69) is 36.0 Å². The monoisotopic (exact) mass is 567 g/mol. The van der Waals surface area contributed by atoms with E-state index in [0.717, 1.165) is 38.5 Å².